The lowest BCUT2D eigenvalue weighted by atomic mass is 9.87. The van der Waals surface area contributed by atoms with Crippen LogP contribution in [0.4, 0.5) is 5.69 Å². The van der Waals surface area contributed by atoms with Crippen molar-refractivity contribution < 1.29 is 24.2 Å². The van der Waals surface area contributed by atoms with Crippen molar-refractivity contribution in [1.82, 2.24) is 9.78 Å². The largest absolute Gasteiger partial charge is 0.494 e. The molecule has 0 atom stereocenters. The first kappa shape index (κ1) is 20.0. The fourth-order valence-corrected chi connectivity index (χ4v) is 4.03. The van der Waals surface area contributed by atoms with Gasteiger partial charge < -0.3 is 14.8 Å². The van der Waals surface area contributed by atoms with Gasteiger partial charge in [0.05, 0.1) is 42.3 Å². The molecule has 0 spiro atoms. The SMILES string of the molecule is COc1cc2nn(C3CCC(C)CC3)cc2cc1NC(=O)c1cccc(OC)[n+]1O. The molecule has 0 saturated heterocycles. The molecular weight excluding hydrogens is 384 g/mol. The third-order valence-corrected chi connectivity index (χ3v) is 5.82. The smallest absolute Gasteiger partial charge is 0.417 e. The Morgan fingerprint density at radius 3 is 2.67 bits per heavy atom. The van der Waals surface area contributed by atoms with Crippen molar-refractivity contribution in [2.24, 2.45) is 5.92 Å². The molecule has 2 aromatic heterocycles. The summed E-state index contributed by atoms with van der Waals surface area (Å²) in [5.41, 5.74) is 1.38. The molecule has 0 aliphatic heterocycles. The second-order valence-corrected chi connectivity index (χ2v) is 7.85. The minimum Gasteiger partial charge on any atom is -0.494 e. The van der Waals surface area contributed by atoms with Crippen molar-refractivity contribution in [3.8, 4) is 11.6 Å². The number of rotatable bonds is 5. The van der Waals surface area contributed by atoms with Gasteiger partial charge in [0, 0.05) is 23.7 Å². The first-order chi connectivity index (χ1) is 14.5. The molecule has 1 aromatic carbocycles. The van der Waals surface area contributed by atoms with Gasteiger partial charge >= 0.3 is 17.5 Å². The van der Waals surface area contributed by atoms with Gasteiger partial charge in [-0.3, -0.25) is 14.7 Å². The van der Waals surface area contributed by atoms with Crippen LogP contribution in [-0.4, -0.2) is 35.1 Å². The van der Waals surface area contributed by atoms with Gasteiger partial charge in [0.15, 0.2) is 0 Å². The number of amides is 1. The van der Waals surface area contributed by atoms with Gasteiger partial charge in [-0.2, -0.15) is 5.10 Å². The summed E-state index contributed by atoms with van der Waals surface area (Å²) in [7, 11) is 2.97. The van der Waals surface area contributed by atoms with Gasteiger partial charge in [0.25, 0.3) is 0 Å². The van der Waals surface area contributed by atoms with E-state index in [9.17, 15) is 10.0 Å². The van der Waals surface area contributed by atoms with Crippen LogP contribution in [0.1, 0.15) is 49.1 Å². The Kier molecular flexibility index (Phi) is 5.48. The van der Waals surface area contributed by atoms with Crippen LogP contribution in [-0.2, 0) is 0 Å². The Hall–Kier alpha value is -3.29. The molecule has 8 heteroatoms. The maximum absolute atomic E-state index is 12.8. The number of aromatic nitrogens is 3. The normalized spacial score (nSPS) is 18.9. The van der Waals surface area contributed by atoms with E-state index in [1.165, 1.54) is 26.0 Å². The molecule has 1 amide bonds. The van der Waals surface area contributed by atoms with Gasteiger partial charge in [0.2, 0.25) is 0 Å². The van der Waals surface area contributed by atoms with E-state index in [1.807, 2.05) is 23.0 Å². The van der Waals surface area contributed by atoms with Crippen molar-refractivity contribution >= 4 is 22.5 Å². The molecule has 1 fully saturated rings. The Bertz CT molecular complexity index is 1070. The number of methoxy groups -OCH3 is 2. The number of hydrogen-bond acceptors (Lipinski definition) is 5. The molecule has 2 heterocycles. The van der Waals surface area contributed by atoms with E-state index in [-0.39, 0.29) is 11.6 Å². The molecule has 8 nitrogen and oxygen atoms in total. The summed E-state index contributed by atoms with van der Waals surface area (Å²) < 4.78 is 13.3. The molecule has 0 bridgehead atoms. The number of ether oxygens (including phenoxy) is 2. The van der Waals surface area contributed by atoms with Gasteiger partial charge in [-0.1, -0.05) is 6.92 Å². The van der Waals surface area contributed by atoms with Crippen LogP contribution in [0.3, 0.4) is 0 Å². The number of benzene rings is 1. The third kappa shape index (κ3) is 3.77. The molecule has 1 aliphatic carbocycles. The summed E-state index contributed by atoms with van der Waals surface area (Å²) in [6, 6.07) is 8.78. The van der Waals surface area contributed by atoms with E-state index < -0.39 is 5.91 Å². The maximum Gasteiger partial charge on any atom is 0.417 e. The van der Waals surface area contributed by atoms with Crippen molar-refractivity contribution in [1.29, 1.82) is 0 Å². The van der Waals surface area contributed by atoms with E-state index in [2.05, 4.69) is 12.2 Å². The van der Waals surface area contributed by atoms with E-state index in [1.54, 1.807) is 19.2 Å². The molecule has 4 rings (SSSR count). The van der Waals surface area contributed by atoms with Gasteiger partial charge in [0.1, 0.15) is 5.75 Å². The summed E-state index contributed by atoms with van der Waals surface area (Å²) in [5, 5.41) is 18.7. The van der Waals surface area contributed by atoms with Gasteiger partial charge in [-0.25, -0.2) is 0 Å². The second-order valence-electron chi connectivity index (χ2n) is 7.85. The zero-order valence-corrected chi connectivity index (χ0v) is 17.5. The zero-order chi connectivity index (χ0) is 21.3. The minimum absolute atomic E-state index is 0.0449. The van der Waals surface area contributed by atoms with E-state index in [4.69, 9.17) is 14.6 Å². The highest BCUT2D eigenvalue weighted by atomic mass is 16.5. The Morgan fingerprint density at radius 2 is 1.97 bits per heavy atom. The maximum atomic E-state index is 12.8. The van der Waals surface area contributed by atoms with Crippen LogP contribution < -0.4 is 19.5 Å². The average molecular weight is 411 g/mol. The van der Waals surface area contributed by atoms with Crippen LogP contribution in [0, 0.1) is 5.92 Å². The van der Waals surface area contributed by atoms with Crippen molar-refractivity contribution in [2.75, 3.05) is 19.5 Å². The van der Waals surface area contributed by atoms with Gasteiger partial charge in [-0.05, 0) is 43.7 Å². The van der Waals surface area contributed by atoms with Crippen LogP contribution in [0.5, 0.6) is 11.6 Å². The summed E-state index contributed by atoms with van der Waals surface area (Å²) >= 11 is 0. The van der Waals surface area contributed by atoms with Crippen molar-refractivity contribution in [3.05, 3.63) is 42.2 Å². The van der Waals surface area contributed by atoms with E-state index in [0.29, 0.717) is 22.2 Å². The summed E-state index contributed by atoms with van der Waals surface area (Å²) in [6.45, 7) is 2.30. The van der Waals surface area contributed by atoms with E-state index >= 15 is 0 Å². The van der Waals surface area contributed by atoms with Crippen LogP contribution in [0.15, 0.2) is 36.5 Å². The summed E-state index contributed by atoms with van der Waals surface area (Å²) in [6.07, 6.45) is 6.72. The molecule has 2 N–H and O–H groups in total. The highest BCUT2D eigenvalue weighted by molar-refractivity contribution is 6.04. The molecule has 1 saturated carbocycles. The standard InChI is InChI=1S/C22H26N4O4/c1-14-7-9-16(10-8-14)25-13-15-11-18(20(29-2)12-17(15)24-25)23-22(27)19-5-4-6-21(30-3)26(19)28/h4-6,11-14,16H,7-10H2,1-3H3,(H-,23,27,28)/p+1. The Labute approximate surface area is 175 Å². The predicted molar refractivity (Wildman–Crippen MR) is 111 cm³/mol. The first-order valence-electron chi connectivity index (χ1n) is 10.2. The lowest BCUT2D eigenvalue weighted by Gasteiger charge is -2.26. The number of nitrogens with one attached hydrogen (secondary N) is 1. The van der Waals surface area contributed by atoms with E-state index in [0.717, 1.165) is 29.7 Å². The minimum atomic E-state index is -0.484. The first-order valence-corrected chi connectivity index (χ1v) is 10.2. The molecule has 30 heavy (non-hydrogen) atoms. The summed E-state index contributed by atoms with van der Waals surface area (Å²) in [5.74, 6) is 0.959. The van der Waals surface area contributed by atoms with Crippen molar-refractivity contribution in [2.45, 2.75) is 38.6 Å². The monoisotopic (exact) mass is 411 g/mol. The number of carbonyl (C=O) groups is 1. The fraction of sp³-hybridized carbons (Fsp3) is 0.409. The van der Waals surface area contributed by atoms with Crippen LogP contribution >= 0.6 is 0 Å². The fourth-order valence-electron chi connectivity index (χ4n) is 4.03. The highest BCUT2D eigenvalue weighted by Gasteiger charge is 2.26. The quantitative estimate of drug-likeness (QED) is 0.495. The highest BCUT2D eigenvalue weighted by Crippen LogP contribution is 2.34. The van der Waals surface area contributed by atoms with Crippen LogP contribution in [0.25, 0.3) is 10.9 Å². The number of fused-ring (bicyclic) bond motifs is 1. The van der Waals surface area contributed by atoms with Crippen molar-refractivity contribution in [3.63, 3.8) is 0 Å². The Balaban J connectivity index is 1.63. The number of pyridine rings is 1. The molecule has 1 aliphatic rings. The Morgan fingerprint density at radius 1 is 1.20 bits per heavy atom. The molecule has 158 valence electrons. The number of nitrogens with zero attached hydrogens (tertiary/aromatic N) is 3. The van der Waals surface area contributed by atoms with Gasteiger partial charge in [-0.15, -0.1) is 0 Å². The summed E-state index contributed by atoms with van der Waals surface area (Å²) in [4.78, 5) is 12.8. The second kappa shape index (κ2) is 8.22. The lowest BCUT2D eigenvalue weighted by Crippen LogP contribution is -2.40. The number of hydrogen-bond donors (Lipinski definition) is 2. The number of anilines is 1. The number of carbonyl (C=O) groups excluding carboxylic acids is 1. The lowest BCUT2D eigenvalue weighted by molar-refractivity contribution is -0.907. The third-order valence-electron chi connectivity index (χ3n) is 5.82. The molecule has 0 unspecified atom stereocenters. The molecule has 3 aromatic rings. The average Bonchev–Trinajstić information content (AvgIpc) is 3.16. The topological polar surface area (TPSA) is 89.5 Å². The predicted octanol–water partition coefficient (Wildman–Crippen LogP) is 3.58. The van der Waals surface area contributed by atoms with Crippen LogP contribution in [0.2, 0.25) is 0 Å². The molecular formula is C22H27N4O4+. The zero-order valence-electron chi connectivity index (χ0n) is 17.5. The molecule has 0 radical (unpaired) electrons.